The highest BCUT2D eigenvalue weighted by Gasteiger charge is 2.22. The molecule has 148 valence electrons. The summed E-state index contributed by atoms with van der Waals surface area (Å²) in [7, 11) is 5.53. The van der Waals surface area contributed by atoms with Gasteiger partial charge in [-0.1, -0.05) is 52.7 Å². The van der Waals surface area contributed by atoms with Gasteiger partial charge in [-0.05, 0) is 37.9 Å². The molecule has 0 saturated carbocycles. The number of amides is 1. The summed E-state index contributed by atoms with van der Waals surface area (Å²) < 4.78 is 6.20. The summed E-state index contributed by atoms with van der Waals surface area (Å²) in [5, 5.41) is 1.77. The maximum Gasteiger partial charge on any atom is 0.233 e. The first-order chi connectivity index (χ1) is 13.4. The van der Waals surface area contributed by atoms with Crippen molar-refractivity contribution in [2.24, 2.45) is 0 Å². The van der Waals surface area contributed by atoms with Crippen molar-refractivity contribution < 1.29 is 9.53 Å². The van der Waals surface area contributed by atoms with E-state index in [1.165, 1.54) is 11.3 Å². The maximum atomic E-state index is 13.1. The Labute approximate surface area is 178 Å². The fourth-order valence-corrected chi connectivity index (χ4v) is 4.25. The van der Waals surface area contributed by atoms with Gasteiger partial charge in [-0.2, -0.15) is 0 Å². The third kappa shape index (κ3) is 4.58. The number of fused-ring (bicyclic) bond motifs is 1. The molecule has 0 fully saturated rings. The number of rotatable bonds is 7. The molecule has 1 heterocycles. The number of carbonyl (C=O) groups excluding carboxylic acids is 1. The van der Waals surface area contributed by atoms with Crippen LogP contribution < -0.4 is 9.64 Å². The highest BCUT2D eigenvalue weighted by atomic mass is 35.5. The van der Waals surface area contributed by atoms with Crippen LogP contribution in [0.15, 0.2) is 36.4 Å². The lowest BCUT2D eigenvalue weighted by molar-refractivity contribution is -0.118. The summed E-state index contributed by atoms with van der Waals surface area (Å²) in [6.07, 6.45) is 0.202. The van der Waals surface area contributed by atoms with Crippen molar-refractivity contribution in [1.82, 2.24) is 9.88 Å². The molecule has 0 aliphatic rings. The first-order valence-electron chi connectivity index (χ1n) is 8.72. The van der Waals surface area contributed by atoms with Crippen LogP contribution in [0.1, 0.15) is 5.56 Å². The maximum absolute atomic E-state index is 13.1. The molecule has 2 aromatic carbocycles. The molecule has 0 atom stereocenters. The monoisotopic (exact) mass is 437 g/mol. The van der Waals surface area contributed by atoms with Crippen molar-refractivity contribution in [3.05, 3.63) is 52.0 Å². The minimum atomic E-state index is -0.0657. The molecule has 0 unspecified atom stereocenters. The summed E-state index contributed by atoms with van der Waals surface area (Å²) in [4.78, 5) is 21.5. The van der Waals surface area contributed by atoms with E-state index >= 15 is 0 Å². The van der Waals surface area contributed by atoms with Gasteiger partial charge in [-0.3, -0.25) is 9.69 Å². The van der Waals surface area contributed by atoms with Crippen LogP contribution in [0.2, 0.25) is 10.0 Å². The molecule has 0 bridgehead atoms. The fraction of sp³-hybridized carbons (Fsp3) is 0.300. The Morgan fingerprint density at radius 3 is 2.54 bits per heavy atom. The Morgan fingerprint density at radius 2 is 1.86 bits per heavy atom. The van der Waals surface area contributed by atoms with Crippen molar-refractivity contribution in [2.75, 3.05) is 39.2 Å². The number of carbonyl (C=O) groups is 1. The zero-order valence-electron chi connectivity index (χ0n) is 15.9. The normalized spacial score (nSPS) is 11.2. The first kappa shape index (κ1) is 20.9. The molecule has 1 amide bonds. The van der Waals surface area contributed by atoms with Crippen LogP contribution in [0.4, 0.5) is 5.13 Å². The largest absolute Gasteiger partial charge is 0.494 e. The minimum Gasteiger partial charge on any atom is -0.494 e. The average Bonchev–Trinajstić information content (AvgIpc) is 3.10. The van der Waals surface area contributed by atoms with E-state index in [0.29, 0.717) is 39.5 Å². The molecular weight excluding hydrogens is 417 g/mol. The van der Waals surface area contributed by atoms with E-state index in [2.05, 4.69) is 4.98 Å². The number of likely N-dealkylation sites (N-methyl/N-ethyl adjacent to an activating group) is 1. The molecule has 0 saturated heterocycles. The average molecular weight is 438 g/mol. The smallest absolute Gasteiger partial charge is 0.233 e. The summed E-state index contributed by atoms with van der Waals surface area (Å²) >= 11 is 14.0. The van der Waals surface area contributed by atoms with E-state index in [-0.39, 0.29) is 12.3 Å². The lowest BCUT2D eigenvalue weighted by Crippen LogP contribution is -2.37. The van der Waals surface area contributed by atoms with E-state index in [0.717, 1.165) is 10.3 Å². The molecule has 3 rings (SSSR count). The van der Waals surface area contributed by atoms with Crippen LogP contribution in [0.5, 0.6) is 5.75 Å². The quantitative estimate of drug-likeness (QED) is 0.534. The number of halogens is 2. The number of methoxy groups -OCH3 is 1. The van der Waals surface area contributed by atoms with Gasteiger partial charge in [-0.25, -0.2) is 4.98 Å². The van der Waals surface area contributed by atoms with Gasteiger partial charge in [0.1, 0.15) is 11.3 Å². The van der Waals surface area contributed by atoms with E-state index in [1.54, 1.807) is 30.2 Å². The summed E-state index contributed by atoms with van der Waals surface area (Å²) in [6.45, 7) is 1.21. The molecule has 1 aromatic heterocycles. The van der Waals surface area contributed by atoms with Crippen LogP contribution in [-0.4, -0.2) is 50.1 Å². The van der Waals surface area contributed by atoms with Crippen LogP contribution >= 0.6 is 34.5 Å². The Morgan fingerprint density at radius 1 is 1.11 bits per heavy atom. The van der Waals surface area contributed by atoms with E-state index in [4.69, 9.17) is 27.9 Å². The van der Waals surface area contributed by atoms with Gasteiger partial charge < -0.3 is 9.64 Å². The predicted molar refractivity (Wildman–Crippen MR) is 117 cm³/mol. The number of ether oxygens (including phenoxy) is 1. The number of hydrogen-bond acceptors (Lipinski definition) is 5. The summed E-state index contributed by atoms with van der Waals surface area (Å²) in [5.41, 5.74) is 1.45. The number of hydrogen-bond donors (Lipinski definition) is 0. The van der Waals surface area contributed by atoms with Gasteiger partial charge in [0, 0.05) is 18.1 Å². The Kier molecular flexibility index (Phi) is 6.78. The van der Waals surface area contributed by atoms with E-state index in [9.17, 15) is 4.79 Å². The van der Waals surface area contributed by atoms with Gasteiger partial charge in [0.2, 0.25) is 5.91 Å². The molecule has 0 N–H and O–H groups in total. The second kappa shape index (κ2) is 9.09. The van der Waals surface area contributed by atoms with Gasteiger partial charge in [-0.15, -0.1) is 0 Å². The van der Waals surface area contributed by atoms with Crippen LogP contribution in [0.3, 0.4) is 0 Å². The van der Waals surface area contributed by atoms with Gasteiger partial charge in [0.05, 0.1) is 23.3 Å². The number of anilines is 1. The molecule has 28 heavy (non-hydrogen) atoms. The molecular formula is C20H21Cl2N3O2S. The van der Waals surface area contributed by atoms with E-state index in [1.807, 2.05) is 37.2 Å². The highest BCUT2D eigenvalue weighted by Crippen LogP contribution is 2.38. The highest BCUT2D eigenvalue weighted by molar-refractivity contribution is 7.23. The molecule has 0 aliphatic carbocycles. The summed E-state index contributed by atoms with van der Waals surface area (Å²) in [6, 6.07) is 10.9. The standard InChI is InChI=1S/C20H21Cl2N3O2S/c1-24(2)10-11-25(17(26)12-13-6-4-5-7-14(13)21)20-23-18-16(27-3)9-8-15(22)19(18)28-20/h4-9H,10-12H2,1-3H3. The SMILES string of the molecule is COc1ccc(Cl)c2sc(N(CCN(C)C)C(=O)Cc3ccccc3Cl)nc12. The minimum absolute atomic E-state index is 0.0657. The molecule has 0 spiro atoms. The molecule has 5 nitrogen and oxygen atoms in total. The zero-order valence-corrected chi connectivity index (χ0v) is 18.2. The van der Waals surface area contributed by atoms with Crippen LogP contribution in [0.25, 0.3) is 10.2 Å². The number of thiazole rings is 1. The van der Waals surface area contributed by atoms with Crippen LogP contribution in [0, 0.1) is 0 Å². The lowest BCUT2D eigenvalue weighted by atomic mass is 10.1. The van der Waals surface area contributed by atoms with Gasteiger partial charge >= 0.3 is 0 Å². The van der Waals surface area contributed by atoms with Crippen molar-refractivity contribution >= 4 is 55.8 Å². The molecule has 0 aliphatic heterocycles. The van der Waals surface area contributed by atoms with Crippen molar-refractivity contribution in [3.63, 3.8) is 0 Å². The number of nitrogens with zero attached hydrogens (tertiary/aromatic N) is 3. The fourth-order valence-electron chi connectivity index (χ4n) is 2.75. The van der Waals surface area contributed by atoms with Crippen molar-refractivity contribution in [1.29, 1.82) is 0 Å². The van der Waals surface area contributed by atoms with Gasteiger partial charge in [0.25, 0.3) is 0 Å². The van der Waals surface area contributed by atoms with Gasteiger partial charge in [0.15, 0.2) is 5.13 Å². The number of aromatic nitrogens is 1. The molecule has 3 aromatic rings. The zero-order chi connectivity index (χ0) is 20.3. The number of benzene rings is 2. The van der Waals surface area contributed by atoms with Crippen molar-refractivity contribution in [3.8, 4) is 5.75 Å². The Balaban J connectivity index is 1.97. The molecule has 8 heteroatoms. The predicted octanol–water partition coefficient (Wildman–Crippen LogP) is 4.75. The third-order valence-corrected chi connectivity index (χ3v) is 6.18. The Hall–Kier alpha value is -1.86. The lowest BCUT2D eigenvalue weighted by Gasteiger charge is -2.22. The van der Waals surface area contributed by atoms with E-state index < -0.39 is 0 Å². The van der Waals surface area contributed by atoms with Crippen LogP contribution in [-0.2, 0) is 11.2 Å². The van der Waals surface area contributed by atoms with Crippen molar-refractivity contribution in [2.45, 2.75) is 6.42 Å². The third-order valence-electron chi connectivity index (χ3n) is 4.27. The first-order valence-corrected chi connectivity index (χ1v) is 10.3. The summed E-state index contributed by atoms with van der Waals surface area (Å²) in [5.74, 6) is 0.567. The molecule has 0 radical (unpaired) electrons. The second-order valence-corrected chi connectivity index (χ2v) is 8.33. The second-order valence-electron chi connectivity index (χ2n) is 6.54. The topological polar surface area (TPSA) is 45.7 Å². The Bertz CT molecular complexity index is 991.